The molecule has 0 aromatic heterocycles. The van der Waals surface area contributed by atoms with Crippen LogP contribution in [0, 0.1) is 0 Å². The lowest BCUT2D eigenvalue weighted by Gasteiger charge is -2.49. The SMILES string of the molecule is COc1ccc([C@H](C)N2C[C@H](O)[C@@H]2c2ccc(Cl)cc2)cc1. The van der Waals surface area contributed by atoms with Gasteiger partial charge in [0.25, 0.3) is 0 Å². The van der Waals surface area contributed by atoms with Crippen LogP contribution in [0.5, 0.6) is 5.75 Å². The summed E-state index contributed by atoms with van der Waals surface area (Å²) in [6, 6.07) is 16.1. The Hall–Kier alpha value is -1.55. The number of aliphatic hydroxyl groups excluding tert-OH is 1. The van der Waals surface area contributed by atoms with Crippen LogP contribution < -0.4 is 4.74 Å². The van der Waals surface area contributed by atoms with Crippen LogP contribution in [0.2, 0.25) is 5.02 Å². The second-order valence-electron chi connectivity index (χ2n) is 5.71. The van der Waals surface area contributed by atoms with Gasteiger partial charge in [0.1, 0.15) is 5.75 Å². The standard InChI is InChI=1S/C18H20ClNO2/c1-12(13-5-9-16(22-2)10-6-13)20-11-17(21)18(20)14-3-7-15(19)8-4-14/h3-10,12,17-18,21H,11H2,1-2H3/t12-,17-,18-/m0/s1. The summed E-state index contributed by atoms with van der Waals surface area (Å²) >= 11 is 5.95. The van der Waals surface area contributed by atoms with Crippen molar-refractivity contribution in [2.45, 2.75) is 25.1 Å². The Balaban J connectivity index is 1.79. The van der Waals surface area contributed by atoms with E-state index in [1.807, 2.05) is 36.4 Å². The molecule has 0 bridgehead atoms. The molecule has 0 aliphatic carbocycles. The van der Waals surface area contributed by atoms with Gasteiger partial charge in [0, 0.05) is 17.6 Å². The number of β-amino-alcohol motifs (C(OH)–C–C–N with tert-alkyl or cyclic N) is 1. The zero-order valence-corrected chi connectivity index (χ0v) is 13.5. The van der Waals surface area contributed by atoms with Crippen LogP contribution >= 0.6 is 11.6 Å². The Bertz CT molecular complexity index is 627. The lowest BCUT2D eigenvalue weighted by molar-refractivity contribution is -0.0854. The number of hydrogen-bond donors (Lipinski definition) is 1. The largest absolute Gasteiger partial charge is 0.497 e. The molecule has 22 heavy (non-hydrogen) atoms. The summed E-state index contributed by atoms with van der Waals surface area (Å²) < 4.78 is 5.20. The number of methoxy groups -OCH3 is 1. The highest BCUT2D eigenvalue weighted by atomic mass is 35.5. The number of hydrogen-bond acceptors (Lipinski definition) is 3. The number of halogens is 1. The summed E-state index contributed by atoms with van der Waals surface area (Å²) in [6.45, 7) is 2.84. The summed E-state index contributed by atoms with van der Waals surface area (Å²) in [5.41, 5.74) is 2.31. The van der Waals surface area contributed by atoms with Gasteiger partial charge in [-0.3, -0.25) is 4.90 Å². The molecule has 0 spiro atoms. The van der Waals surface area contributed by atoms with Crippen LogP contribution in [-0.4, -0.2) is 29.8 Å². The average Bonchev–Trinajstić information content (AvgIpc) is 2.54. The van der Waals surface area contributed by atoms with Crippen LogP contribution in [0.25, 0.3) is 0 Å². The van der Waals surface area contributed by atoms with E-state index >= 15 is 0 Å². The Labute approximate surface area is 136 Å². The van der Waals surface area contributed by atoms with E-state index in [1.54, 1.807) is 7.11 Å². The molecule has 116 valence electrons. The monoisotopic (exact) mass is 317 g/mol. The second kappa shape index (κ2) is 6.29. The van der Waals surface area contributed by atoms with Gasteiger partial charge in [-0.1, -0.05) is 35.9 Å². The summed E-state index contributed by atoms with van der Waals surface area (Å²) in [5, 5.41) is 10.9. The normalized spacial score (nSPS) is 22.9. The summed E-state index contributed by atoms with van der Waals surface area (Å²) in [7, 11) is 1.67. The Kier molecular flexibility index (Phi) is 4.39. The number of rotatable bonds is 4. The minimum absolute atomic E-state index is 0.0226. The molecule has 1 aliphatic rings. The maximum atomic E-state index is 10.2. The summed E-state index contributed by atoms with van der Waals surface area (Å²) in [6.07, 6.45) is -0.332. The van der Waals surface area contributed by atoms with Crippen molar-refractivity contribution < 1.29 is 9.84 Å². The number of likely N-dealkylation sites (tertiary alicyclic amines) is 1. The zero-order chi connectivity index (χ0) is 15.7. The zero-order valence-electron chi connectivity index (χ0n) is 12.7. The molecule has 0 radical (unpaired) electrons. The molecule has 3 rings (SSSR count). The van der Waals surface area contributed by atoms with Crippen molar-refractivity contribution >= 4 is 11.6 Å². The van der Waals surface area contributed by atoms with Crippen molar-refractivity contribution in [2.24, 2.45) is 0 Å². The van der Waals surface area contributed by atoms with E-state index in [0.29, 0.717) is 11.6 Å². The van der Waals surface area contributed by atoms with Crippen molar-refractivity contribution in [1.82, 2.24) is 4.90 Å². The Morgan fingerprint density at radius 2 is 1.77 bits per heavy atom. The fraction of sp³-hybridized carbons (Fsp3) is 0.333. The lowest BCUT2D eigenvalue weighted by Crippen LogP contribution is -2.54. The molecule has 1 N–H and O–H groups in total. The molecule has 0 unspecified atom stereocenters. The van der Waals surface area contributed by atoms with Gasteiger partial charge < -0.3 is 9.84 Å². The van der Waals surface area contributed by atoms with E-state index in [2.05, 4.69) is 24.0 Å². The summed E-state index contributed by atoms with van der Waals surface area (Å²) in [5.74, 6) is 0.855. The molecule has 1 fully saturated rings. The molecule has 3 atom stereocenters. The molecular formula is C18H20ClNO2. The maximum Gasteiger partial charge on any atom is 0.118 e. The minimum Gasteiger partial charge on any atom is -0.497 e. The Morgan fingerprint density at radius 1 is 1.14 bits per heavy atom. The molecule has 1 saturated heterocycles. The second-order valence-corrected chi connectivity index (χ2v) is 6.15. The van der Waals surface area contributed by atoms with Crippen molar-refractivity contribution in [3.63, 3.8) is 0 Å². The van der Waals surface area contributed by atoms with Crippen LogP contribution in [-0.2, 0) is 0 Å². The van der Waals surface area contributed by atoms with E-state index in [9.17, 15) is 5.11 Å². The fourth-order valence-corrected chi connectivity index (χ4v) is 3.18. The molecule has 1 aliphatic heterocycles. The molecule has 2 aromatic rings. The van der Waals surface area contributed by atoms with Gasteiger partial charge in [-0.25, -0.2) is 0 Å². The first-order chi connectivity index (χ1) is 10.6. The molecule has 2 aromatic carbocycles. The van der Waals surface area contributed by atoms with Crippen LogP contribution in [0.15, 0.2) is 48.5 Å². The van der Waals surface area contributed by atoms with Crippen LogP contribution in [0.1, 0.15) is 30.1 Å². The first kappa shape index (κ1) is 15.3. The van der Waals surface area contributed by atoms with Gasteiger partial charge in [-0.15, -0.1) is 0 Å². The topological polar surface area (TPSA) is 32.7 Å². The van der Waals surface area contributed by atoms with Gasteiger partial charge in [0.15, 0.2) is 0 Å². The predicted molar refractivity (Wildman–Crippen MR) is 88.3 cm³/mol. The highest BCUT2D eigenvalue weighted by molar-refractivity contribution is 6.30. The first-order valence-corrected chi connectivity index (χ1v) is 7.81. The van der Waals surface area contributed by atoms with Crippen molar-refractivity contribution in [3.8, 4) is 5.75 Å². The fourth-order valence-electron chi connectivity index (χ4n) is 3.06. The van der Waals surface area contributed by atoms with Crippen LogP contribution in [0.4, 0.5) is 0 Å². The molecule has 1 heterocycles. The molecular weight excluding hydrogens is 298 g/mol. The van der Waals surface area contributed by atoms with Crippen molar-refractivity contribution in [2.75, 3.05) is 13.7 Å². The van der Waals surface area contributed by atoms with Gasteiger partial charge in [-0.2, -0.15) is 0 Å². The van der Waals surface area contributed by atoms with E-state index in [1.165, 1.54) is 5.56 Å². The number of nitrogens with zero attached hydrogens (tertiary/aromatic N) is 1. The smallest absolute Gasteiger partial charge is 0.118 e. The van der Waals surface area contributed by atoms with Crippen molar-refractivity contribution in [1.29, 1.82) is 0 Å². The number of ether oxygens (including phenoxy) is 1. The third-order valence-corrected chi connectivity index (χ3v) is 4.68. The quantitative estimate of drug-likeness (QED) is 0.930. The van der Waals surface area contributed by atoms with Gasteiger partial charge in [0.2, 0.25) is 0 Å². The van der Waals surface area contributed by atoms with E-state index in [4.69, 9.17) is 16.3 Å². The molecule has 4 heteroatoms. The van der Waals surface area contributed by atoms with Gasteiger partial charge in [0.05, 0.1) is 19.3 Å². The average molecular weight is 318 g/mol. The van der Waals surface area contributed by atoms with Crippen LogP contribution in [0.3, 0.4) is 0 Å². The van der Waals surface area contributed by atoms with E-state index in [-0.39, 0.29) is 18.2 Å². The predicted octanol–water partition coefficient (Wildman–Crippen LogP) is 3.83. The highest BCUT2D eigenvalue weighted by Crippen LogP contribution is 2.40. The third-order valence-electron chi connectivity index (χ3n) is 4.43. The minimum atomic E-state index is -0.332. The maximum absolute atomic E-state index is 10.2. The van der Waals surface area contributed by atoms with Gasteiger partial charge >= 0.3 is 0 Å². The van der Waals surface area contributed by atoms with Gasteiger partial charge in [-0.05, 0) is 42.3 Å². The Morgan fingerprint density at radius 3 is 2.32 bits per heavy atom. The lowest BCUT2D eigenvalue weighted by atomic mass is 9.88. The third kappa shape index (κ3) is 2.84. The number of benzene rings is 2. The summed E-state index contributed by atoms with van der Waals surface area (Å²) in [4.78, 5) is 2.30. The highest BCUT2D eigenvalue weighted by Gasteiger charge is 2.41. The molecule has 0 saturated carbocycles. The van der Waals surface area contributed by atoms with Crippen molar-refractivity contribution in [3.05, 3.63) is 64.7 Å². The van der Waals surface area contributed by atoms with E-state index < -0.39 is 0 Å². The number of aliphatic hydroxyl groups is 1. The molecule has 3 nitrogen and oxygen atoms in total. The van der Waals surface area contributed by atoms with E-state index in [0.717, 1.165) is 11.3 Å². The first-order valence-electron chi connectivity index (χ1n) is 7.43. The molecule has 0 amide bonds.